The van der Waals surface area contributed by atoms with Crippen molar-refractivity contribution in [1.29, 1.82) is 0 Å². The molecule has 1 aromatic rings. The van der Waals surface area contributed by atoms with Gasteiger partial charge >= 0.3 is 0 Å². The van der Waals surface area contributed by atoms with Gasteiger partial charge in [-0.25, -0.2) is 0 Å². The lowest BCUT2D eigenvalue weighted by Crippen LogP contribution is -2.46. The number of rotatable bonds is 4. The molecule has 1 aliphatic rings. The minimum Gasteiger partial charge on any atom is -0.370 e. The molecule has 0 N–H and O–H groups in total. The van der Waals surface area contributed by atoms with Crippen molar-refractivity contribution in [3.05, 3.63) is 18.0 Å². The van der Waals surface area contributed by atoms with Crippen molar-refractivity contribution < 1.29 is 9.53 Å². The van der Waals surface area contributed by atoms with E-state index in [2.05, 4.69) is 5.10 Å². The fourth-order valence-electron chi connectivity index (χ4n) is 1.94. The standard InChI is InChI=1S/C11H16N2O2/c1-3-13-8-9(7-12-13)10(14)11(15-2)5-4-6-11/h7-8H,3-6H2,1-2H3. The molecule has 4 nitrogen and oxygen atoms in total. The summed E-state index contributed by atoms with van der Waals surface area (Å²) in [7, 11) is 1.61. The van der Waals surface area contributed by atoms with Crippen molar-refractivity contribution in [2.45, 2.75) is 38.3 Å². The number of ether oxygens (including phenoxy) is 1. The maximum atomic E-state index is 12.1. The Labute approximate surface area is 89.2 Å². The van der Waals surface area contributed by atoms with Crippen LogP contribution < -0.4 is 0 Å². The largest absolute Gasteiger partial charge is 0.370 e. The molecule has 0 aliphatic heterocycles. The topological polar surface area (TPSA) is 44.1 Å². The summed E-state index contributed by atoms with van der Waals surface area (Å²) < 4.78 is 7.11. The molecule has 0 bridgehead atoms. The maximum absolute atomic E-state index is 12.1. The average molecular weight is 208 g/mol. The molecule has 82 valence electrons. The van der Waals surface area contributed by atoms with E-state index < -0.39 is 5.60 Å². The maximum Gasteiger partial charge on any atom is 0.197 e. The Bertz CT molecular complexity index is 361. The quantitative estimate of drug-likeness (QED) is 0.707. The molecule has 2 rings (SSSR count). The Morgan fingerprint density at radius 3 is 2.80 bits per heavy atom. The molecule has 0 spiro atoms. The van der Waals surface area contributed by atoms with Crippen LogP contribution in [-0.4, -0.2) is 28.3 Å². The summed E-state index contributed by atoms with van der Waals surface area (Å²) in [6, 6.07) is 0. The lowest BCUT2D eigenvalue weighted by atomic mass is 9.75. The molecular weight excluding hydrogens is 192 g/mol. The van der Waals surface area contributed by atoms with Crippen molar-refractivity contribution in [3.8, 4) is 0 Å². The summed E-state index contributed by atoms with van der Waals surface area (Å²) in [5.41, 5.74) is 0.111. The first-order valence-electron chi connectivity index (χ1n) is 5.34. The molecule has 1 aliphatic carbocycles. The van der Waals surface area contributed by atoms with Crippen molar-refractivity contribution in [1.82, 2.24) is 9.78 Å². The smallest absolute Gasteiger partial charge is 0.197 e. The van der Waals surface area contributed by atoms with E-state index in [9.17, 15) is 4.79 Å². The number of hydrogen-bond acceptors (Lipinski definition) is 3. The summed E-state index contributed by atoms with van der Waals surface area (Å²) in [6.45, 7) is 2.78. The Morgan fingerprint density at radius 1 is 1.67 bits per heavy atom. The first kappa shape index (κ1) is 10.4. The van der Waals surface area contributed by atoms with Gasteiger partial charge in [-0.05, 0) is 26.2 Å². The van der Waals surface area contributed by atoms with Crippen LogP contribution in [0.2, 0.25) is 0 Å². The zero-order chi connectivity index (χ0) is 10.9. The van der Waals surface area contributed by atoms with E-state index in [0.29, 0.717) is 5.56 Å². The summed E-state index contributed by atoms with van der Waals surface area (Å²) in [5.74, 6) is 0.0796. The van der Waals surface area contributed by atoms with Crippen LogP contribution in [0.1, 0.15) is 36.5 Å². The Hall–Kier alpha value is -1.16. The molecule has 0 aromatic carbocycles. The number of methoxy groups -OCH3 is 1. The van der Waals surface area contributed by atoms with Gasteiger partial charge in [0, 0.05) is 19.9 Å². The molecule has 0 radical (unpaired) electrons. The summed E-state index contributed by atoms with van der Waals surface area (Å²) in [4.78, 5) is 12.1. The van der Waals surface area contributed by atoms with Crippen LogP contribution in [0, 0.1) is 0 Å². The van der Waals surface area contributed by atoms with E-state index >= 15 is 0 Å². The van der Waals surface area contributed by atoms with E-state index in [0.717, 1.165) is 25.8 Å². The Morgan fingerprint density at radius 2 is 2.40 bits per heavy atom. The van der Waals surface area contributed by atoms with Gasteiger partial charge in [-0.1, -0.05) is 0 Å². The monoisotopic (exact) mass is 208 g/mol. The average Bonchev–Trinajstić information content (AvgIpc) is 2.64. The van der Waals surface area contributed by atoms with Gasteiger partial charge in [-0.2, -0.15) is 5.10 Å². The predicted molar refractivity (Wildman–Crippen MR) is 55.8 cm³/mol. The van der Waals surface area contributed by atoms with Crippen LogP contribution in [-0.2, 0) is 11.3 Å². The van der Waals surface area contributed by atoms with Crippen molar-refractivity contribution >= 4 is 5.78 Å². The Balaban J connectivity index is 2.19. The lowest BCUT2D eigenvalue weighted by molar-refractivity contribution is -0.0448. The molecule has 15 heavy (non-hydrogen) atoms. The highest BCUT2D eigenvalue weighted by Gasteiger charge is 2.44. The molecular formula is C11H16N2O2. The molecule has 1 fully saturated rings. The minimum atomic E-state index is -0.554. The minimum absolute atomic E-state index is 0.0796. The van der Waals surface area contributed by atoms with Gasteiger partial charge in [0.15, 0.2) is 5.78 Å². The van der Waals surface area contributed by atoms with Gasteiger partial charge in [0.25, 0.3) is 0 Å². The van der Waals surface area contributed by atoms with Crippen LogP contribution in [0.3, 0.4) is 0 Å². The van der Waals surface area contributed by atoms with Gasteiger partial charge in [0.1, 0.15) is 5.60 Å². The van der Waals surface area contributed by atoms with Gasteiger partial charge in [0.05, 0.1) is 11.8 Å². The highest BCUT2D eigenvalue weighted by atomic mass is 16.5. The highest BCUT2D eigenvalue weighted by molar-refractivity contribution is 6.02. The fourth-order valence-corrected chi connectivity index (χ4v) is 1.94. The molecule has 1 saturated carbocycles. The van der Waals surface area contributed by atoms with Crippen molar-refractivity contribution in [2.75, 3.05) is 7.11 Å². The number of carbonyl (C=O) groups is 1. The van der Waals surface area contributed by atoms with E-state index in [1.165, 1.54) is 0 Å². The number of ketones is 1. The molecule has 1 heterocycles. The van der Waals surface area contributed by atoms with Crippen LogP contribution in [0.25, 0.3) is 0 Å². The van der Waals surface area contributed by atoms with E-state index in [-0.39, 0.29) is 5.78 Å². The zero-order valence-electron chi connectivity index (χ0n) is 9.19. The van der Waals surface area contributed by atoms with Crippen LogP contribution in [0.15, 0.2) is 12.4 Å². The number of hydrogen-bond donors (Lipinski definition) is 0. The summed E-state index contributed by atoms with van der Waals surface area (Å²) in [6.07, 6.45) is 6.16. The number of carbonyl (C=O) groups excluding carboxylic acids is 1. The molecule has 1 aromatic heterocycles. The third kappa shape index (κ3) is 1.59. The SMILES string of the molecule is CCn1cc(C(=O)C2(OC)CCC2)cn1. The third-order valence-corrected chi connectivity index (χ3v) is 3.19. The second-order valence-corrected chi connectivity index (χ2v) is 3.97. The van der Waals surface area contributed by atoms with Gasteiger partial charge in [-0.15, -0.1) is 0 Å². The van der Waals surface area contributed by atoms with Crippen molar-refractivity contribution in [3.63, 3.8) is 0 Å². The molecule has 0 amide bonds. The lowest BCUT2D eigenvalue weighted by Gasteiger charge is -2.38. The normalized spacial score (nSPS) is 18.5. The third-order valence-electron chi connectivity index (χ3n) is 3.19. The second kappa shape index (κ2) is 3.77. The van der Waals surface area contributed by atoms with Gasteiger partial charge in [0.2, 0.25) is 0 Å². The van der Waals surface area contributed by atoms with Gasteiger partial charge in [-0.3, -0.25) is 9.48 Å². The summed E-state index contributed by atoms with van der Waals surface area (Å²) in [5, 5.41) is 4.10. The predicted octanol–water partition coefficient (Wildman–Crippen LogP) is 1.65. The zero-order valence-corrected chi connectivity index (χ0v) is 9.19. The van der Waals surface area contributed by atoms with Crippen LogP contribution >= 0.6 is 0 Å². The van der Waals surface area contributed by atoms with E-state index in [1.807, 2.05) is 6.92 Å². The molecule has 4 heteroatoms. The van der Waals surface area contributed by atoms with E-state index in [1.54, 1.807) is 24.2 Å². The highest BCUT2D eigenvalue weighted by Crippen LogP contribution is 2.37. The number of nitrogens with zero attached hydrogens (tertiary/aromatic N) is 2. The number of aromatic nitrogens is 2. The van der Waals surface area contributed by atoms with Gasteiger partial charge < -0.3 is 4.74 Å². The van der Waals surface area contributed by atoms with Crippen molar-refractivity contribution in [2.24, 2.45) is 0 Å². The molecule has 0 saturated heterocycles. The first-order valence-corrected chi connectivity index (χ1v) is 5.34. The number of aryl methyl sites for hydroxylation is 1. The summed E-state index contributed by atoms with van der Waals surface area (Å²) >= 11 is 0. The molecule has 0 unspecified atom stereocenters. The Kier molecular flexibility index (Phi) is 2.61. The first-order chi connectivity index (χ1) is 7.22. The van der Waals surface area contributed by atoms with Crippen LogP contribution in [0.5, 0.6) is 0 Å². The number of Topliss-reactive ketones (excluding diaryl/α,β-unsaturated/α-hetero) is 1. The fraction of sp³-hybridized carbons (Fsp3) is 0.636. The molecule has 0 atom stereocenters. The second-order valence-electron chi connectivity index (χ2n) is 3.97. The van der Waals surface area contributed by atoms with E-state index in [4.69, 9.17) is 4.74 Å². The van der Waals surface area contributed by atoms with Crippen LogP contribution in [0.4, 0.5) is 0 Å².